The first-order valence-electron chi connectivity index (χ1n) is 1.92. The molecule has 0 heterocycles. The van der Waals surface area contributed by atoms with E-state index in [0.717, 1.165) is 7.11 Å². The smallest absolute Gasteiger partial charge is 0.369 e. The summed E-state index contributed by atoms with van der Waals surface area (Å²) >= 11 is 0. The highest BCUT2D eigenvalue weighted by molar-refractivity contribution is 5.13. The lowest BCUT2D eigenvalue weighted by molar-refractivity contribution is -0.525. The van der Waals surface area contributed by atoms with Crippen LogP contribution < -0.4 is 0 Å². The number of carbonyl (C=O) groups excluding carboxylic acids is 1. The average Bonchev–Trinajstić information content (AvgIpc) is 1.65. The molecule has 9 heavy (non-hydrogen) atoms. The van der Waals surface area contributed by atoms with Crippen LogP contribution >= 0.6 is 0 Å². The lowest BCUT2D eigenvalue weighted by Crippen LogP contribution is -2.22. The molecule has 0 aliphatic rings. The molecule has 0 N–H and O–H groups in total. The predicted molar refractivity (Wildman–Crippen MR) is 23.4 cm³/mol. The van der Waals surface area contributed by atoms with E-state index in [2.05, 4.69) is 16.0 Å². The number of ether oxygens (including phenoxy) is 1. The SMILES string of the molecule is C=[O+][C-](OC)C(F)(F)F. The van der Waals surface area contributed by atoms with Crippen molar-refractivity contribution < 1.29 is 22.3 Å². The van der Waals surface area contributed by atoms with Gasteiger partial charge >= 0.3 is 12.5 Å². The summed E-state index contributed by atoms with van der Waals surface area (Å²) in [6, 6.07) is 0. The van der Waals surface area contributed by atoms with Gasteiger partial charge < -0.3 is 9.16 Å². The summed E-state index contributed by atoms with van der Waals surface area (Å²) in [5.41, 5.74) is 0. The van der Waals surface area contributed by atoms with E-state index in [1.807, 2.05) is 0 Å². The maximum atomic E-state index is 11.4. The first-order valence-corrected chi connectivity index (χ1v) is 1.92. The number of methoxy groups -OCH3 is 1. The Hall–Kier alpha value is -0.710. The predicted octanol–water partition coefficient (Wildman–Crippen LogP) is 1.05. The van der Waals surface area contributed by atoms with E-state index in [-0.39, 0.29) is 0 Å². The molecule has 2 nitrogen and oxygen atoms in total. The molecule has 0 saturated carbocycles. The van der Waals surface area contributed by atoms with Gasteiger partial charge in [-0.2, -0.15) is 13.2 Å². The Morgan fingerprint density at radius 1 is 1.56 bits per heavy atom. The summed E-state index contributed by atoms with van der Waals surface area (Å²) < 4.78 is 41.5. The number of hydrogen-bond acceptors (Lipinski definition) is 1. The van der Waals surface area contributed by atoms with Gasteiger partial charge in [0.15, 0.2) is 0 Å². The molecule has 0 aromatic rings. The standard InChI is InChI=1S/C4H5F3O2/c1-8-3(9-2)4(5,6)7/h1H2,2H3. The summed E-state index contributed by atoms with van der Waals surface area (Å²) in [7, 11) is 0.855. The minimum absolute atomic E-state index is 0.855. The topological polar surface area (TPSA) is 20.5 Å². The molecule has 0 atom stereocenters. The molecule has 0 fully saturated rings. The summed E-state index contributed by atoms with van der Waals surface area (Å²) in [6.07, 6.45) is -6.02. The molecule has 0 aliphatic heterocycles. The van der Waals surface area contributed by atoms with Crippen molar-refractivity contribution in [1.29, 1.82) is 0 Å². The molecule has 0 bridgehead atoms. The molecule has 0 amide bonds. The zero-order valence-electron chi connectivity index (χ0n) is 4.66. The van der Waals surface area contributed by atoms with Crippen molar-refractivity contribution in [2.75, 3.05) is 7.11 Å². The Labute approximate surface area is 49.9 Å². The monoisotopic (exact) mass is 142 g/mol. The number of alkyl halides is 3. The van der Waals surface area contributed by atoms with Crippen LogP contribution in [0.25, 0.3) is 0 Å². The summed E-state index contributed by atoms with van der Waals surface area (Å²) in [5.74, 6) is 0. The third-order valence-corrected chi connectivity index (χ3v) is 0.548. The second-order valence-corrected chi connectivity index (χ2v) is 1.13. The molecular weight excluding hydrogens is 137 g/mol. The van der Waals surface area contributed by atoms with Crippen LogP contribution in [-0.4, -0.2) is 20.1 Å². The van der Waals surface area contributed by atoms with E-state index in [1.165, 1.54) is 0 Å². The molecular formula is C4H5F3O2. The second kappa shape index (κ2) is 2.72. The van der Waals surface area contributed by atoms with E-state index in [9.17, 15) is 13.2 Å². The quantitative estimate of drug-likeness (QED) is 0.417. The van der Waals surface area contributed by atoms with Crippen LogP contribution in [0.15, 0.2) is 0 Å². The molecule has 0 aromatic carbocycles. The molecule has 0 spiro atoms. The number of hydrogen-bond donors (Lipinski definition) is 0. The fourth-order valence-electron chi connectivity index (χ4n) is 0.256. The Morgan fingerprint density at radius 3 is 2.00 bits per heavy atom. The zero-order valence-corrected chi connectivity index (χ0v) is 4.66. The molecule has 5 heteroatoms. The van der Waals surface area contributed by atoms with Gasteiger partial charge in [-0.25, -0.2) is 0 Å². The van der Waals surface area contributed by atoms with Crippen molar-refractivity contribution in [3.8, 4) is 0 Å². The van der Waals surface area contributed by atoms with Gasteiger partial charge in [0.25, 0.3) is 0 Å². The van der Waals surface area contributed by atoms with E-state index in [1.54, 1.807) is 0 Å². The Bertz CT molecular complexity index is 98.5. The van der Waals surface area contributed by atoms with Gasteiger partial charge in [-0.05, 0) is 0 Å². The van der Waals surface area contributed by atoms with E-state index in [4.69, 9.17) is 0 Å². The Morgan fingerprint density at radius 2 is 2.00 bits per heavy atom. The molecule has 0 aromatic heterocycles. The number of rotatable bonds is 2. The van der Waals surface area contributed by atoms with Crippen LogP contribution in [0.1, 0.15) is 0 Å². The Balaban J connectivity index is 3.94. The van der Waals surface area contributed by atoms with E-state index in [0.29, 0.717) is 0 Å². The minimum Gasteiger partial charge on any atom is -0.369 e. The van der Waals surface area contributed by atoms with Crippen LogP contribution in [0.5, 0.6) is 0 Å². The van der Waals surface area contributed by atoms with Crippen molar-refractivity contribution in [2.24, 2.45) is 0 Å². The first-order chi connectivity index (χ1) is 4.02. The zero-order chi connectivity index (χ0) is 7.49. The maximum Gasteiger partial charge on any atom is 0.457 e. The van der Waals surface area contributed by atoms with Gasteiger partial charge in [0.2, 0.25) is 0 Å². The largest absolute Gasteiger partial charge is 0.457 e. The van der Waals surface area contributed by atoms with E-state index >= 15 is 0 Å². The highest BCUT2D eigenvalue weighted by atomic mass is 19.4. The van der Waals surface area contributed by atoms with Crippen molar-refractivity contribution in [1.82, 2.24) is 0 Å². The summed E-state index contributed by atoms with van der Waals surface area (Å²) in [4.78, 5) is 0. The van der Waals surface area contributed by atoms with Crippen molar-refractivity contribution >= 4 is 6.79 Å². The second-order valence-electron chi connectivity index (χ2n) is 1.13. The van der Waals surface area contributed by atoms with Gasteiger partial charge in [0, 0.05) is 7.11 Å². The first kappa shape index (κ1) is 8.29. The van der Waals surface area contributed by atoms with Gasteiger partial charge in [-0.15, -0.1) is 0 Å². The van der Waals surface area contributed by atoms with Crippen LogP contribution in [0.4, 0.5) is 13.2 Å². The van der Waals surface area contributed by atoms with E-state index < -0.39 is 12.5 Å². The van der Waals surface area contributed by atoms with Crippen molar-refractivity contribution in [3.05, 3.63) is 6.29 Å². The molecule has 54 valence electrons. The Kier molecular flexibility index (Phi) is 2.51. The molecule has 0 saturated heterocycles. The molecule has 0 aliphatic carbocycles. The van der Waals surface area contributed by atoms with Gasteiger partial charge in [-0.1, -0.05) is 0 Å². The van der Waals surface area contributed by atoms with Crippen LogP contribution in [-0.2, 0) is 9.16 Å². The van der Waals surface area contributed by atoms with Gasteiger partial charge in [-0.3, -0.25) is 0 Å². The normalized spacial score (nSPS) is 11.1. The third-order valence-electron chi connectivity index (χ3n) is 0.548. The van der Waals surface area contributed by atoms with Crippen molar-refractivity contribution in [3.63, 3.8) is 0 Å². The van der Waals surface area contributed by atoms with Gasteiger partial charge in [0.05, 0.1) is 0 Å². The summed E-state index contributed by atoms with van der Waals surface area (Å²) in [6.45, 7) is 2.54. The third kappa shape index (κ3) is 2.36. The fourth-order valence-corrected chi connectivity index (χ4v) is 0.256. The van der Waals surface area contributed by atoms with Crippen molar-refractivity contribution in [2.45, 2.75) is 6.18 Å². The van der Waals surface area contributed by atoms with Crippen LogP contribution in [0.2, 0.25) is 0 Å². The highest BCUT2D eigenvalue weighted by Crippen LogP contribution is 2.26. The lowest BCUT2D eigenvalue weighted by Gasteiger charge is -2.09. The molecule has 0 rings (SSSR count). The maximum absolute atomic E-state index is 11.4. The van der Waals surface area contributed by atoms with Crippen LogP contribution in [0.3, 0.4) is 0 Å². The lowest BCUT2D eigenvalue weighted by atomic mass is 10.6. The minimum atomic E-state index is -4.57. The average molecular weight is 142 g/mol. The van der Waals surface area contributed by atoms with Crippen LogP contribution in [0, 0.1) is 6.29 Å². The highest BCUT2D eigenvalue weighted by Gasteiger charge is 2.43. The molecule has 0 radical (unpaired) electrons. The fraction of sp³-hybridized carbons (Fsp3) is 0.500. The molecule has 0 unspecified atom stereocenters. The number of halogens is 3. The summed E-state index contributed by atoms with van der Waals surface area (Å²) in [5, 5.41) is 0. The van der Waals surface area contributed by atoms with Gasteiger partial charge in [0.1, 0.15) is 6.79 Å².